The number of carboxylic acid groups (broad SMARTS) is 1. The molecule has 0 spiro atoms. The molecule has 2 amide bonds. The van der Waals surface area contributed by atoms with Gasteiger partial charge in [0, 0.05) is 16.7 Å². The third kappa shape index (κ3) is 3.41. The van der Waals surface area contributed by atoms with E-state index in [1.54, 1.807) is 17.0 Å². The van der Waals surface area contributed by atoms with Crippen LogP contribution in [0.2, 0.25) is 0 Å². The molecule has 1 unspecified atom stereocenters. The SMILES string of the molecule is C[C@@H](NC(=O)C1CCN(c2cccc(Br)c2)C1=O)C(=O)O. The van der Waals surface area contributed by atoms with Gasteiger partial charge in [-0.05, 0) is 31.5 Å². The summed E-state index contributed by atoms with van der Waals surface area (Å²) in [4.78, 5) is 36.6. The highest BCUT2D eigenvalue weighted by atomic mass is 79.9. The van der Waals surface area contributed by atoms with Gasteiger partial charge >= 0.3 is 5.97 Å². The van der Waals surface area contributed by atoms with Crippen molar-refractivity contribution >= 4 is 39.4 Å². The van der Waals surface area contributed by atoms with Crippen molar-refractivity contribution in [3.63, 3.8) is 0 Å². The van der Waals surface area contributed by atoms with Gasteiger partial charge in [-0.2, -0.15) is 0 Å². The summed E-state index contributed by atoms with van der Waals surface area (Å²) in [5, 5.41) is 11.1. The van der Waals surface area contributed by atoms with Gasteiger partial charge in [0.05, 0.1) is 0 Å². The van der Waals surface area contributed by atoms with E-state index in [0.29, 0.717) is 13.0 Å². The fraction of sp³-hybridized carbons (Fsp3) is 0.357. The van der Waals surface area contributed by atoms with Crippen molar-refractivity contribution in [1.29, 1.82) is 0 Å². The Morgan fingerprint density at radius 3 is 2.81 bits per heavy atom. The van der Waals surface area contributed by atoms with Crippen LogP contribution in [0.1, 0.15) is 13.3 Å². The number of nitrogens with one attached hydrogen (secondary N) is 1. The maximum atomic E-state index is 12.3. The molecule has 1 fully saturated rings. The summed E-state index contributed by atoms with van der Waals surface area (Å²) in [5.74, 6) is -2.79. The van der Waals surface area contributed by atoms with E-state index in [0.717, 1.165) is 10.2 Å². The molecule has 1 aliphatic heterocycles. The highest BCUT2D eigenvalue weighted by molar-refractivity contribution is 9.10. The summed E-state index contributed by atoms with van der Waals surface area (Å²) in [6.45, 7) is 1.81. The minimum atomic E-state index is -1.13. The standard InChI is InChI=1S/C14H15BrN2O4/c1-8(14(20)21)16-12(18)11-5-6-17(13(11)19)10-4-2-3-9(15)7-10/h2-4,7-8,11H,5-6H2,1H3,(H,16,18)(H,20,21)/t8-,11?/m1/s1. The van der Waals surface area contributed by atoms with Crippen LogP contribution in [0, 0.1) is 5.92 Å². The average Bonchev–Trinajstić information content (AvgIpc) is 2.80. The first-order valence-corrected chi connectivity index (χ1v) is 7.29. The summed E-state index contributed by atoms with van der Waals surface area (Å²) in [6, 6.07) is 6.25. The second-order valence-corrected chi connectivity index (χ2v) is 5.80. The van der Waals surface area contributed by atoms with Crippen LogP contribution in [0.5, 0.6) is 0 Å². The molecule has 1 aliphatic rings. The third-order valence-corrected chi connectivity index (χ3v) is 3.86. The molecule has 0 aliphatic carbocycles. The number of carbonyl (C=O) groups is 3. The van der Waals surface area contributed by atoms with E-state index in [9.17, 15) is 14.4 Å². The molecule has 2 atom stereocenters. The molecule has 112 valence electrons. The number of rotatable bonds is 4. The molecule has 0 saturated carbocycles. The molecule has 1 saturated heterocycles. The van der Waals surface area contributed by atoms with E-state index in [-0.39, 0.29) is 5.91 Å². The van der Waals surface area contributed by atoms with Crippen molar-refractivity contribution in [2.45, 2.75) is 19.4 Å². The van der Waals surface area contributed by atoms with Crippen LogP contribution in [0.25, 0.3) is 0 Å². The predicted octanol–water partition coefficient (Wildman–Crippen LogP) is 1.39. The number of benzene rings is 1. The van der Waals surface area contributed by atoms with Crippen molar-refractivity contribution in [3.05, 3.63) is 28.7 Å². The molecule has 1 aromatic carbocycles. The Morgan fingerprint density at radius 1 is 1.48 bits per heavy atom. The first-order valence-electron chi connectivity index (χ1n) is 6.50. The van der Waals surface area contributed by atoms with Gasteiger partial charge in [0.1, 0.15) is 12.0 Å². The number of carbonyl (C=O) groups excluding carboxylic acids is 2. The number of anilines is 1. The van der Waals surface area contributed by atoms with E-state index in [1.807, 2.05) is 12.1 Å². The minimum Gasteiger partial charge on any atom is -0.480 e. The van der Waals surface area contributed by atoms with E-state index < -0.39 is 23.8 Å². The van der Waals surface area contributed by atoms with Gasteiger partial charge < -0.3 is 15.3 Å². The van der Waals surface area contributed by atoms with Crippen LogP contribution in [-0.4, -0.2) is 35.5 Å². The Hall–Kier alpha value is -1.89. The molecule has 7 heteroatoms. The number of halogens is 1. The number of nitrogens with zero attached hydrogens (tertiary/aromatic N) is 1. The Kier molecular flexibility index (Phi) is 4.62. The van der Waals surface area contributed by atoms with Crippen molar-refractivity contribution < 1.29 is 19.5 Å². The van der Waals surface area contributed by atoms with Gasteiger partial charge in [0.15, 0.2) is 0 Å². The van der Waals surface area contributed by atoms with E-state index in [2.05, 4.69) is 21.2 Å². The van der Waals surface area contributed by atoms with Gasteiger partial charge in [0.2, 0.25) is 11.8 Å². The lowest BCUT2D eigenvalue weighted by Crippen LogP contribution is -2.44. The zero-order valence-corrected chi connectivity index (χ0v) is 13.0. The highest BCUT2D eigenvalue weighted by Gasteiger charge is 2.38. The Labute approximate surface area is 130 Å². The molecular weight excluding hydrogens is 340 g/mol. The number of hydrogen-bond donors (Lipinski definition) is 2. The van der Waals surface area contributed by atoms with Gasteiger partial charge in [-0.3, -0.25) is 14.4 Å². The van der Waals surface area contributed by atoms with E-state index in [4.69, 9.17) is 5.11 Å². The largest absolute Gasteiger partial charge is 0.480 e. The van der Waals surface area contributed by atoms with Crippen LogP contribution in [0.3, 0.4) is 0 Å². The van der Waals surface area contributed by atoms with Crippen LogP contribution in [-0.2, 0) is 14.4 Å². The number of hydrogen-bond acceptors (Lipinski definition) is 3. The summed E-state index contributed by atoms with van der Waals surface area (Å²) < 4.78 is 0.847. The Balaban J connectivity index is 2.08. The summed E-state index contributed by atoms with van der Waals surface area (Å²) >= 11 is 3.34. The lowest BCUT2D eigenvalue weighted by atomic mass is 10.1. The average molecular weight is 355 g/mol. The molecule has 0 aromatic heterocycles. The van der Waals surface area contributed by atoms with E-state index in [1.165, 1.54) is 6.92 Å². The molecule has 0 radical (unpaired) electrons. The van der Waals surface area contributed by atoms with Crippen LogP contribution < -0.4 is 10.2 Å². The van der Waals surface area contributed by atoms with Crippen LogP contribution in [0.15, 0.2) is 28.7 Å². The second-order valence-electron chi connectivity index (χ2n) is 4.88. The summed E-state index contributed by atoms with van der Waals surface area (Å²) in [5.41, 5.74) is 0.718. The lowest BCUT2D eigenvalue weighted by molar-refractivity contribution is -0.143. The number of amides is 2. The Bertz CT molecular complexity index is 590. The highest BCUT2D eigenvalue weighted by Crippen LogP contribution is 2.27. The van der Waals surface area contributed by atoms with Crippen molar-refractivity contribution in [1.82, 2.24) is 5.32 Å². The van der Waals surface area contributed by atoms with Crippen molar-refractivity contribution in [2.75, 3.05) is 11.4 Å². The molecule has 21 heavy (non-hydrogen) atoms. The number of aliphatic carboxylic acids is 1. The molecule has 1 aromatic rings. The predicted molar refractivity (Wildman–Crippen MR) is 79.8 cm³/mol. The zero-order valence-electron chi connectivity index (χ0n) is 11.4. The smallest absolute Gasteiger partial charge is 0.325 e. The molecule has 0 bridgehead atoms. The van der Waals surface area contributed by atoms with Gasteiger partial charge in [0.25, 0.3) is 0 Å². The first kappa shape index (κ1) is 15.5. The molecular formula is C14H15BrN2O4. The molecule has 6 nitrogen and oxygen atoms in total. The van der Waals surface area contributed by atoms with Crippen molar-refractivity contribution in [2.24, 2.45) is 5.92 Å². The maximum Gasteiger partial charge on any atom is 0.325 e. The maximum absolute atomic E-state index is 12.3. The fourth-order valence-corrected chi connectivity index (χ4v) is 2.59. The number of carboxylic acids is 1. The second kappa shape index (κ2) is 6.26. The summed E-state index contributed by atoms with van der Waals surface area (Å²) in [7, 11) is 0. The topological polar surface area (TPSA) is 86.7 Å². The van der Waals surface area contributed by atoms with E-state index >= 15 is 0 Å². The third-order valence-electron chi connectivity index (χ3n) is 3.37. The Morgan fingerprint density at radius 2 is 2.19 bits per heavy atom. The normalized spacial score (nSPS) is 19.4. The van der Waals surface area contributed by atoms with Gasteiger partial charge in [-0.1, -0.05) is 22.0 Å². The van der Waals surface area contributed by atoms with Gasteiger partial charge in [-0.25, -0.2) is 0 Å². The van der Waals surface area contributed by atoms with Gasteiger partial charge in [-0.15, -0.1) is 0 Å². The first-order chi connectivity index (χ1) is 9.90. The van der Waals surface area contributed by atoms with Crippen molar-refractivity contribution in [3.8, 4) is 0 Å². The fourth-order valence-electron chi connectivity index (χ4n) is 2.20. The van der Waals surface area contributed by atoms with Crippen LogP contribution >= 0.6 is 15.9 Å². The quantitative estimate of drug-likeness (QED) is 0.800. The molecule has 2 N–H and O–H groups in total. The monoisotopic (exact) mass is 354 g/mol. The zero-order chi connectivity index (χ0) is 15.6. The summed E-state index contributed by atoms with van der Waals surface area (Å²) in [6.07, 6.45) is 0.378. The minimum absolute atomic E-state index is 0.303. The molecule has 1 heterocycles. The van der Waals surface area contributed by atoms with Crippen LogP contribution in [0.4, 0.5) is 5.69 Å². The lowest BCUT2D eigenvalue weighted by Gasteiger charge is -2.17. The molecule has 2 rings (SSSR count).